The summed E-state index contributed by atoms with van der Waals surface area (Å²) >= 11 is 1.36. The molecule has 0 heterocycles. The molecule has 16 rings (SSSR count). The Bertz CT molecular complexity index is 2330. The van der Waals surface area contributed by atoms with Gasteiger partial charge in [0.25, 0.3) is 0 Å². The second-order valence-corrected chi connectivity index (χ2v) is 23.6. The topological polar surface area (TPSA) is 0 Å². The summed E-state index contributed by atoms with van der Waals surface area (Å²) in [5.74, 6) is 7.93. The van der Waals surface area contributed by atoms with Crippen molar-refractivity contribution in [3.05, 3.63) is 146 Å². The van der Waals surface area contributed by atoms with Crippen molar-refractivity contribution in [1.29, 1.82) is 0 Å². The van der Waals surface area contributed by atoms with Gasteiger partial charge in [0.1, 0.15) is 0 Å². The van der Waals surface area contributed by atoms with E-state index >= 15 is 0 Å². The van der Waals surface area contributed by atoms with E-state index in [2.05, 4.69) is 116 Å². The summed E-state index contributed by atoms with van der Waals surface area (Å²) in [5.41, 5.74) is 13.1. The number of halogens is 2. The Balaban J connectivity index is 0.000000168. The Hall–Kier alpha value is -2.22. The van der Waals surface area contributed by atoms with Crippen molar-refractivity contribution in [1.82, 2.24) is 0 Å². The molecule has 10 aliphatic rings. The van der Waals surface area contributed by atoms with Crippen LogP contribution in [0, 0.1) is 62.2 Å². The van der Waals surface area contributed by atoms with E-state index in [1.165, 1.54) is 208 Å². The molecular formula is C64H78Cl2SiZr-4. The van der Waals surface area contributed by atoms with Crippen LogP contribution < -0.4 is 0 Å². The molecule has 360 valence electrons. The summed E-state index contributed by atoms with van der Waals surface area (Å²) in [6.45, 7) is 3.06. The van der Waals surface area contributed by atoms with Crippen molar-refractivity contribution in [3.8, 4) is 22.3 Å². The second kappa shape index (κ2) is 21.9. The SMILES string of the molecule is Cl.Cl.[CH3-].[CH3-].[Si]=[Zr].c1cc(-c2ccc(C34CC5CC(CC(C5)C3)C4)cc2)c2cc(CC3CCCC3)[cH-]c2c1.c1cc(-c2ccc(C34CC5CC(CC(C5)C3)C4)cc2)c2cc(CC3CCCC3)[cH-]c2c1. The van der Waals surface area contributed by atoms with Gasteiger partial charge in [0.2, 0.25) is 0 Å². The van der Waals surface area contributed by atoms with E-state index in [9.17, 15) is 0 Å². The molecule has 10 saturated carbocycles. The molecule has 68 heavy (non-hydrogen) atoms. The Morgan fingerprint density at radius 3 is 1.06 bits per heavy atom. The Labute approximate surface area is 441 Å². The molecule has 0 N–H and O–H groups in total. The van der Waals surface area contributed by atoms with Crippen molar-refractivity contribution >= 4 is 53.2 Å². The van der Waals surface area contributed by atoms with Gasteiger partial charge in [-0.2, -0.15) is 12.1 Å². The molecule has 6 aromatic carbocycles. The average molecular weight is 1040 g/mol. The molecule has 0 nitrogen and oxygen atoms in total. The molecule has 10 fully saturated rings. The van der Waals surface area contributed by atoms with E-state index in [1.54, 1.807) is 22.3 Å². The van der Waals surface area contributed by atoms with E-state index in [-0.39, 0.29) is 39.7 Å². The Morgan fingerprint density at radius 1 is 0.441 bits per heavy atom. The van der Waals surface area contributed by atoms with Crippen LogP contribution in [0.5, 0.6) is 0 Å². The van der Waals surface area contributed by atoms with Crippen molar-refractivity contribution in [2.24, 2.45) is 47.3 Å². The quantitative estimate of drug-likeness (QED) is 0.105. The van der Waals surface area contributed by atoms with Crippen LogP contribution in [0.3, 0.4) is 0 Å². The number of fused-ring (bicyclic) bond motifs is 2. The molecule has 0 unspecified atom stereocenters. The Kier molecular flexibility index (Phi) is 16.8. The third-order valence-electron chi connectivity index (χ3n) is 19.3. The van der Waals surface area contributed by atoms with Crippen LogP contribution in [0.2, 0.25) is 0 Å². The van der Waals surface area contributed by atoms with Gasteiger partial charge in [-0.15, -0.1) is 93.9 Å². The van der Waals surface area contributed by atoms with Crippen molar-refractivity contribution in [3.63, 3.8) is 0 Å². The van der Waals surface area contributed by atoms with Crippen LogP contribution in [-0.4, -0.2) is 6.88 Å². The van der Waals surface area contributed by atoms with Crippen molar-refractivity contribution in [2.75, 3.05) is 0 Å². The standard InChI is InChI=1S/2C31H35.2CH3.2ClH.Si.Zr/c2*1-2-5-21(4-1)12-22-16-27-6-3-7-29(30(27)17-22)26-8-10-28(11-9-26)31-18-23-13-24(19-31)15-25(14-23)20-31;;;;;;/h2*3,6-11,16-17,21,23-25H,1-2,4-5,12-15,18-20H2;2*1H3;2*1H;;/q4*-1;;;;. The summed E-state index contributed by atoms with van der Waals surface area (Å²) in [7, 11) is 0. The van der Waals surface area contributed by atoms with Crippen LogP contribution in [0.4, 0.5) is 0 Å². The average Bonchev–Trinajstić information content (AvgIpc) is 4.15. The first-order valence-electron chi connectivity index (χ1n) is 26.3. The van der Waals surface area contributed by atoms with Crippen molar-refractivity contribution < 1.29 is 23.3 Å². The van der Waals surface area contributed by atoms with Gasteiger partial charge in [0, 0.05) is 0 Å². The van der Waals surface area contributed by atoms with Gasteiger partial charge < -0.3 is 14.9 Å². The van der Waals surface area contributed by atoms with Crippen LogP contribution in [0.1, 0.15) is 151 Å². The van der Waals surface area contributed by atoms with Gasteiger partial charge >= 0.3 is 30.2 Å². The summed E-state index contributed by atoms with van der Waals surface area (Å²) in [6.07, 6.45) is 31.9. The molecule has 6 aromatic rings. The first kappa shape index (κ1) is 52.1. The fourth-order valence-corrected chi connectivity index (χ4v) is 17.4. The Morgan fingerprint density at radius 2 is 0.750 bits per heavy atom. The monoisotopic (exact) mass is 1030 g/mol. The van der Waals surface area contributed by atoms with Gasteiger partial charge in [0.05, 0.1) is 0 Å². The van der Waals surface area contributed by atoms with E-state index < -0.39 is 0 Å². The fourth-order valence-electron chi connectivity index (χ4n) is 17.4. The van der Waals surface area contributed by atoms with Crippen LogP contribution in [0.15, 0.2) is 109 Å². The molecule has 0 spiro atoms. The normalized spacial score (nSPS) is 29.5. The molecular weight excluding hydrogens is 959 g/mol. The molecule has 8 bridgehead atoms. The van der Waals surface area contributed by atoms with Gasteiger partial charge in [-0.3, -0.25) is 0 Å². The summed E-state index contributed by atoms with van der Waals surface area (Å²) < 4.78 is 0. The molecule has 4 heteroatoms. The predicted octanol–water partition coefficient (Wildman–Crippen LogP) is 18.2. The molecule has 0 aromatic heterocycles. The third-order valence-corrected chi connectivity index (χ3v) is 19.3. The van der Waals surface area contributed by atoms with Gasteiger partial charge in [-0.05, 0) is 170 Å². The van der Waals surface area contributed by atoms with Crippen LogP contribution in [0.25, 0.3) is 43.8 Å². The number of rotatable bonds is 8. The van der Waals surface area contributed by atoms with Gasteiger partial charge in [-0.1, -0.05) is 123 Å². The van der Waals surface area contributed by atoms with Crippen molar-refractivity contribution in [2.45, 2.75) is 152 Å². The van der Waals surface area contributed by atoms with E-state index in [0.717, 1.165) is 47.3 Å². The summed E-state index contributed by atoms with van der Waals surface area (Å²) in [6, 6.07) is 43.5. The number of hydrogen-bond donors (Lipinski definition) is 0. The second-order valence-electron chi connectivity index (χ2n) is 23.6. The molecule has 10 aliphatic carbocycles. The molecule has 0 atom stereocenters. The molecule has 0 aliphatic heterocycles. The third kappa shape index (κ3) is 10.1. The first-order valence-corrected chi connectivity index (χ1v) is 30.5. The maximum Gasteiger partial charge on any atom is -0.00391 e. The fraction of sp³-hybridized carbons (Fsp3) is 0.500. The summed E-state index contributed by atoms with van der Waals surface area (Å²) in [5, 5.41) is 5.77. The van der Waals surface area contributed by atoms with Gasteiger partial charge in [0.15, 0.2) is 0 Å². The largest absolute Gasteiger partial charge is 0.164 e. The molecule has 0 saturated heterocycles. The zero-order valence-corrected chi connectivity index (χ0v) is 46.5. The van der Waals surface area contributed by atoms with Gasteiger partial charge in [-0.25, -0.2) is 0 Å². The number of hydrogen-bond acceptors (Lipinski definition) is 0. The van der Waals surface area contributed by atoms with E-state index in [0.29, 0.717) is 10.8 Å². The first-order chi connectivity index (χ1) is 31.5. The molecule has 0 amide bonds. The maximum atomic E-state index is 3.06. The summed E-state index contributed by atoms with van der Waals surface area (Å²) in [4.78, 5) is 0. The van der Waals surface area contributed by atoms with E-state index in [4.69, 9.17) is 0 Å². The minimum absolute atomic E-state index is 0. The van der Waals surface area contributed by atoms with E-state index in [1.807, 2.05) is 0 Å². The number of benzene rings is 4. The smallest absolute Gasteiger partial charge is 0.00391 e. The minimum Gasteiger partial charge on any atom is -0.164 e. The van der Waals surface area contributed by atoms with Crippen LogP contribution in [-0.2, 0) is 47.0 Å². The minimum atomic E-state index is 0. The zero-order valence-electron chi connectivity index (χ0n) is 41.4. The zero-order chi connectivity index (χ0) is 42.8. The molecule has 2 radical (unpaired) electrons. The predicted molar refractivity (Wildman–Crippen MR) is 294 cm³/mol. The van der Waals surface area contributed by atoms with Crippen LogP contribution >= 0.6 is 24.8 Å². The maximum absolute atomic E-state index is 3.06.